The Balaban J connectivity index is 1.47. The van der Waals surface area contributed by atoms with Gasteiger partial charge in [-0.15, -0.1) is 0 Å². The maximum Gasteiger partial charge on any atom is 0.254 e. The summed E-state index contributed by atoms with van der Waals surface area (Å²) in [6, 6.07) is 8.29. The summed E-state index contributed by atoms with van der Waals surface area (Å²) in [5, 5.41) is 4.86. The lowest BCUT2D eigenvalue weighted by atomic mass is 9.97. The second-order valence-electron chi connectivity index (χ2n) is 9.44. The Morgan fingerprint density at radius 2 is 1.91 bits per heavy atom. The number of rotatable bonds is 3. The molecule has 4 heterocycles. The summed E-state index contributed by atoms with van der Waals surface area (Å²) < 4.78 is 1.86. The van der Waals surface area contributed by atoms with Gasteiger partial charge in [0.05, 0.1) is 11.7 Å². The number of hydrogen-bond donors (Lipinski definition) is 1. The molecule has 0 spiro atoms. The minimum Gasteiger partial charge on any atom is -0.355 e. The number of aryl methyl sites for hydroxylation is 3. The van der Waals surface area contributed by atoms with Crippen molar-refractivity contribution in [3.05, 3.63) is 58.4 Å². The lowest BCUT2D eigenvalue weighted by molar-refractivity contribution is 0.0605. The van der Waals surface area contributed by atoms with Crippen molar-refractivity contribution < 1.29 is 4.79 Å². The zero-order valence-electron chi connectivity index (χ0n) is 19.2. The van der Waals surface area contributed by atoms with Crippen molar-refractivity contribution in [2.45, 2.75) is 58.5 Å². The van der Waals surface area contributed by atoms with Crippen LogP contribution in [0.2, 0.25) is 0 Å². The van der Waals surface area contributed by atoms with Gasteiger partial charge in [0, 0.05) is 49.1 Å². The summed E-state index contributed by atoms with van der Waals surface area (Å²) >= 11 is 0. The molecule has 2 fully saturated rings. The second-order valence-corrected chi connectivity index (χ2v) is 9.44. The largest absolute Gasteiger partial charge is 0.355 e. The molecule has 2 atom stereocenters. The van der Waals surface area contributed by atoms with E-state index in [4.69, 9.17) is 15.8 Å². The van der Waals surface area contributed by atoms with E-state index in [0.717, 1.165) is 79.2 Å². The molecule has 0 bridgehead atoms. The molecule has 32 heavy (non-hydrogen) atoms. The average molecular weight is 433 g/mol. The van der Waals surface area contributed by atoms with Gasteiger partial charge in [-0.2, -0.15) is 5.10 Å². The minimum atomic E-state index is -0.0254. The van der Waals surface area contributed by atoms with Crippen molar-refractivity contribution >= 4 is 17.4 Å². The Morgan fingerprint density at radius 1 is 1.06 bits per heavy atom. The number of carbonyl (C=O) groups is 1. The van der Waals surface area contributed by atoms with Crippen molar-refractivity contribution in [1.82, 2.24) is 19.5 Å². The Hall–Kier alpha value is -2.93. The molecule has 0 radical (unpaired) electrons. The third-order valence-electron chi connectivity index (χ3n) is 6.87. The number of aromatic nitrogens is 3. The highest BCUT2D eigenvalue weighted by molar-refractivity contribution is 5.96. The fourth-order valence-electron chi connectivity index (χ4n) is 5.17. The van der Waals surface area contributed by atoms with Gasteiger partial charge in [-0.05, 0) is 58.1 Å². The Morgan fingerprint density at radius 3 is 2.66 bits per heavy atom. The van der Waals surface area contributed by atoms with Crippen molar-refractivity contribution in [2.75, 3.05) is 24.5 Å². The van der Waals surface area contributed by atoms with Crippen LogP contribution in [0, 0.1) is 20.8 Å². The topological polar surface area (TPSA) is 79.8 Å². The fraction of sp³-hybridized carbons (Fsp3) is 0.480. The van der Waals surface area contributed by atoms with Crippen LogP contribution in [-0.4, -0.2) is 51.1 Å². The Kier molecular flexibility index (Phi) is 5.37. The third-order valence-corrected chi connectivity index (χ3v) is 6.87. The van der Waals surface area contributed by atoms with Crippen molar-refractivity contribution in [1.29, 1.82) is 0 Å². The molecular weight excluding hydrogens is 400 g/mol. The SMILES string of the molecule is Cc1ccc(C(=O)N2CCCC[C@@H]2c2cc3nc(N4CC[C@H](N)C4)c(C)cn3n2)c(C)c1. The molecular formula is C25H32N6O. The van der Waals surface area contributed by atoms with Gasteiger partial charge in [0.15, 0.2) is 5.65 Å². The summed E-state index contributed by atoms with van der Waals surface area (Å²) in [5.41, 5.74) is 11.9. The van der Waals surface area contributed by atoms with E-state index in [0.29, 0.717) is 0 Å². The summed E-state index contributed by atoms with van der Waals surface area (Å²) in [4.78, 5) is 22.7. The average Bonchev–Trinajstić information content (AvgIpc) is 3.38. The van der Waals surface area contributed by atoms with Gasteiger partial charge in [-0.1, -0.05) is 17.7 Å². The van der Waals surface area contributed by atoms with E-state index in [1.54, 1.807) is 0 Å². The van der Waals surface area contributed by atoms with E-state index in [2.05, 4.69) is 30.9 Å². The summed E-state index contributed by atoms with van der Waals surface area (Å²) in [6.45, 7) is 8.68. The van der Waals surface area contributed by atoms with E-state index < -0.39 is 0 Å². The number of anilines is 1. The molecule has 2 aliphatic heterocycles. The normalized spacial score (nSPS) is 21.5. The summed E-state index contributed by atoms with van der Waals surface area (Å²) in [5.74, 6) is 1.09. The van der Waals surface area contributed by atoms with Crippen LogP contribution in [0.25, 0.3) is 5.65 Å². The number of nitrogens with two attached hydrogens (primary N) is 1. The Labute approximate surface area is 189 Å². The van der Waals surface area contributed by atoms with Gasteiger partial charge in [-0.3, -0.25) is 4.79 Å². The molecule has 0 unspecified atom stereocenters. The van der Waals surface area contributed by atoms with E-state index in [1.165, 1.54) is 5.56 Å². The Bertz CT molecular complexity index is 1170. The highest BCUT2D eigenvalue weighted by atomic mass is 16.2. The van der Waals surface area contributed by atoms with Crippen LogP contribution in [0.15, 0.2) is 30.5 Å². The van der Waals surface area contributed by atoms with Gasteiger partial charge in [0.2, 0.25) is 0 Å². The fourth-order valence-corrected chi connectivity index (χ4v) is 5.17. The van der Waals surface area contributed by atoms with Crippen molar-refractivity contribution in [3.63, 3.8) is 0 Å². The molecule has 2 saturated heterocycles. The van der Waals surface area contributed by atoms with Crippen LogP contribution in [0.5, 0.6) is 0 Å². The first-order valence-corrected chi connectivity index (χ1v) is 11.7. The van der Waals surface area contributed by atoms with Crippen LogP contribution >= 0.6 is 0 Å². The number of amides is 1. The molecule has 0 saturated carbocycles. The minimum absolute atomic E-state index is 0.0254. The number of hydrogen-bond acceptors (Lipinski definition) is 5. The molecule has 2 aliphatic rings. The predicted molar refractivity (Wildman–Crippen MR) is 126 cm³/mol. The second kappa shape index (κ2) is 8.20. The first kappa shape index (κ1) is 20.9. The quantitative estimate of drug-likeness (QED) is 0.685. The molecule has 0 aliphatic carbocycles. The molecule has 7 heteroatoms. The van der Waals surface area contributed by atoms with Gasteiger partial charge in [-0.25, -0.2) is 9.50 Å². The van der Waals surface area contributed by atoms with E-state index in [1.807, 2.05) is 34.7 Å². The number of benzene rings is 1. The van der Waals surface area contributed by atoms with E-state index in [-0.39, 0.29) is 18.0 Å². The van der Waals surface area contributed by atoms with E-state index in [9.17, 15) is 4.79 Å². The molecule has 1 amide bonds. The maximum absolute atomic E-state index is 13.5. The third kappa shape index (κ3) is 3.75. The maximum atomic E-state index is 13.5. The highest BCUT2D eigenvalue weighted by Gasteiger charge is 2.31. The number of likely N-dealkylation sites (tertiary alicyclic amines) is 1. The molecule has 2 aromatic heterocycles. The molecule has 2 N–H and O–H groups in total. The van der Waals surface area contributed by atoms with Gasteiger partial charge >= 0.3 is 0 Å². The lowest BCUT2D eigenvalue weighted by Gasteiger charge is -2.35. The van der Waals surface area contributed by atoms with Crippen molar-refractivity contribution in [3.8, 4) is 0 Å². The monoisotopic (exact) mass is 432 g/mol. The lowest BCUT2D eigenvalue weighted by Crippen LogP contribution is -2.39. The van der Waals surface area contributed by atoms with Crippen LogP contribution in [-0.2, 0) is 0 Å². The number of piperidine rings is 1. The molecule has 168 valence electrons. The zero-order valence-corrected chi connectivity index (χ0v) is 19.2. The standard InChI is InChI=1S/C25H32N6O/c1-16-7-8-20(17(2)12-16)25(32)30-10-5-4-6-22(30)21-13-23-27-24(18(3)14-31(23)28-21)29-11-9-19(26)15-29/h7-8,12-14,19,22H,4-6,9-11,15,26H2,1-3H3/t19-,22+/m0/s1. The van der Waals surface area contributed by atoms with Crippen LogP contribution in [0.3, 0.4) is 0 Å². The van der Waals surface area contributed by atoms with Crippen LogP contribution in [0.1, 0.15) is 64.5 Å². The smallest absolute Gasteiger partial charge is 0.254 e. The van der Waals surface area contributed by atoms with Crippen LogP contribution in [0.4, 0.5) is 5.82 Å². The number of fused-ring (bicyclic) bond motifs is 1. The van der Waals surface area contributed by atoms with Gasteiger partial charge in [0.1, 0.15) is 5.82 Å². The van der Waals surface area contributed by atoms with Crippen LogP contribution < -0.4 is 10.6 Å². The van der Waals surface area contributed by atoms with E-state index >= 15 is 0 Å². The molecule has 5 rings (SSSR count). The zero-order chi connectivity index (χ0) is 22.4. The van der Waals surface area contributed by atoms with Gasteiger partial charge < -0.3 is 15.5 Å². The summed E-state index contributed by atoms with van der Waals surface area (Å²) in [6.07, 6.45) is 6.08. The number of nitrogens with zero attached hydrogens (tertiary/aromatic N) is 5. The molecule has 1 aromatic carbocycles. The molecule has 7 nitrogen and oxygen atoms in total. The highest BCUT2D eigenvalue weighted by Crippen LogP contribution is 2.33. The molecule has 3 aromatic rings. The first-order valence-electron chi connectivity index (χ1n) is 11.7. The predicted octanol–water partition coefficient (Wildman–Crippen LogP) is 3.56. The summed E-state index contributed by atoms with van der Waals surface area (Å²) in [7, 11) is 0. The van der Waals surface area contributed by atoms with Gasteiger partial charge in [0.25, 0.3) is 5.91 Å². The first-order chi connectivity index (χ1) is 15.4. The van der Waals surface area contributed by atoms with Crippen molar-refractivity contribution in [2.24, 2.45) is 5.73 Å². The number of carbonyl (C=O) groups excluding carboxylic acids is 1.